The molecule has 2 aromatic heterocycles. The van der Waals surface area contributed by atoms with Gasteiger partial charge in [-0.1, -0.05) is 72.8 Å². The molecule has 9 rings (SSSR count). The Labute approximate surface area is 202 Å². The van der Waals surface area contributed by atoms with E-state index in [1.54, 1.807) is 0 Å². The van der Waals surface area contributed by atoms with E-state index in [4.69, 9.17) is 4.98 Å². The normalized spacial score (nSPS) is 13.5. The lowest BCUT2D eigenvalue weighted by atomic mass is 9.93. The lowest BCUT2D eigenvalue weighted by Crippen LogP contribution is -1.95. The molecular weight excluding hydrogens is 424 g/mol. The summed E-state index contributed by atoms with van der Waals surface area (Å²) in [6.07, 6.45) is 2.00. The second kappa shape index (κ2) is 6.17. The van der Waals surface area contributed by atoms with E-state index in [0.717, 1.165) is 24.0 Å². The number of imidazole rings is 1. The second-order valence-electron chi connectivity index (χ2n) is 9.98. The SMILES string of the molecule is c1ccc2c(c1)Cc1cc3c4c5c(ccc4c4nc6ccccc6n4c3cc1-2)Cc1ccccc1-5. The zero-order valence-corrected chi connectivity index (χ0v) is 19.0. The fraction of sp³-hybridized carbons (Fsp3) is 0.0606. The highest BCUT2D eigenvalue weighted by Crippen LogP contribution is 2.47. The summed E-state index contributed by atoms with van der Waals surface area (Å²) in [5, 5.41) is 3.92. The van der Waals surface area contributed by atoms with Crippen LogP contribution in [0.25, 0.3) is 60.6 Å². The largest absolute Gasteiger partial charge is 0.292 e. The lowest BCUT2D eigenvalue weighted by Gasteiger charge is -2.15. The smallest absolute Gasteiger partial charge is 0.146 e. The number of hydrogen-bond acceptors (Lipinski definition) is 1. The Balaban J connectivity index is 1.55. The van der Waals surface area contributed by atoms with Crippen LogP contribution >= 0.6 is 0 Å². The van der Waals surface area contributed by atoms with E-state index in [9.17, 15) is 0 Å². The molecular formula is C33H20N2. The van der Waals surface area contributed by atoms with Gasteiger partial charge in [0.15, 0.2) is 0 Å². The third-order valence-electron chi connectivity index (χ3n) is 8.18. The number of para-hydroxylation sites is 2. The Kier molecular flexibility index (Phi) is 3.16. The second-order valence-corrected chi connectivity index (χ2v) is 9.98. The summed E-state index contributed by atoms with van der Waals surface area (Å²) in [5.41, 5.74) is 15.7. The Morgan fingerprint density at radius 1 is 0.543 bits per heavy atom. The Hall–Kier alpha value is -4.43. The molecule has 162 valence electrons. The van der Waals surface area contributed by atoms with Crippen molar-refractivity contribution in [3.63, 3.8) is 0 Å². The molecule has 2 heterocycles. The van der Waals surface area contributed by atoms with Crippen molar-refractivity contribution in [1.29, 1.82) is 0 Å². The summed E-state index contributed by atoms with van der Waals surface area (Å²) in [6.45, 7) is 0. The topological polar surface area (TPSA) is 17.3 Å². The van der Waals surface area contributed by atoms with Gasteiger partial charge in [-0.3, -0.25) is 4.40 Å². The molecule has 2 aliphatic rings. The van der Waals surface area contributed by atoms with Crippen LogP contribution in [-0.4, -0.2) is 9.38 Å². The van der Waals surface area contributed by atoms with Gasteiger partial charge in [0.25, 0.3) is 0 Å². The molecule has 0 radical (unpaired) electrons. The summed E-state index contributed by atoms with van der Waals surface area (Å²) in [6, 6.07) is 35.8. The average Bonchev–Trinajstić information content (AvgIpc) is 3.58. The van der Waals surface area contributed by atoms with E-state index in [2.05, 4.69) is 101 Å². The first-order valence-electron chi connectivity index (χ1n) is 12.3. The molecule has 0 fully saturated rings. The van der Waals surface area contributed by atoms with Gasteiger partial charge >= 0.3 is 0 Å². The van der Waals surface area contributed by atoms with E-state index in [1.807, 2.05) is 0 Å². The first-order valence-corrected chi connectivity index (χ1v) is 12.3. The van der Waals surface area contributed by atoms with Crippen LogP contribution in [-0.2, 0) is 12.8 Å². The van der Waals surface area contributed by atoms with Gasteiger partial charge in [-0.05, 0) is 81.6 Å². The number of rotatable bonds is 0. The van der Waals surface area contributed by atoms with Crippen molar-refractivity contribution in [2.75, 3.05) is 0 Å². The van der Waals surface area contributed by atoms with Crippen LogP contribution in [0.5, 0.6) is 0 Å². The average molecular weight is 445 g/mol. The molecule has 0 saturated heterocycles. The summed E-state index contributed by atoms with van der Waals surface area (Å²) in [4.78, 5) is 5.18. The van der Waals surface area contributed by atoms with Gasteiger partial charge in [0, 0.05) is 16.2 Å². The lowest BCUT2D eigenvalue weighted by molar-refractivity contribution is 1.26. The van der Waals surface area contributed by atoms with Crippen LogP contribution in [0.1, 0.15) is 22.3 Å². The van der Waals surface area contributed by atoms with E-state index < -0.39 is 0 Å². The minimum absolute atomic E-state index is 0.997. The maximum atomic E-state index is 5.18. The number of benzene rings is 5. The fourth-order valence-corrected chi connectivity index (χ4v) is 6.70. The minimum Gasteiger partial charge on any atom is -0.292 e. The minimum atomic E-state index is 0.997. The zero-order chi connectivity index (χ0) is 22.7. The van der Waals surface area contributed by atoms with Crippen LogP contribution in [0.15, 0.2) is 97.1 Å². The molecule has 0 N–H and O–H groups in total. The number of fused-ring (bicyclic) bond motifs is 15. The third kappa shape index (κ3) is 2.18. The van der Waals surface area contributed by atoms with E-state index >= 15 is 0 Å². The summed E-state index contributed by atoms with van der Waals surface area (Å²) in [7, 11) is 0. The Morgan fingerprint density at radius 3 is 2.20 bits per heavy atom. The third-order valence-corrected chi connectivity index (χ3v) is 8.18. The van der Waals surface area contributed by atoms with Crippen molar-refractivity contribution in [3.8, 4) is 22.3 Å². The highest BCUT2D eigenvalue weighted by atomic mass is 15.0. The van der Waals surface area contributed by atoms with Crippen molar-refractivity contribution in [3.05, 3.63) is 119 Å². The van der Waals surface area contributed by atoms with Gasteiger partial charge in [-0.2, -0.15) is 0 Å². The molecule has 0 atom stereocenters. The molecule has 0 unspecified atom stereocenters. The Morgan fingerprint density at radius 2 is 1.29 bits per heavy atom. The number of pyridine rings is 1. The molecule has 2 aliphatic carbocycles. The van der Waals surface area contributed by atoms with Crippen LogP contribution in [0.2, 0.25) is 0 Å². The van der Waals surface area contributed by atoms with Crippen LogP contribution in [0.4, 0.5) is 0 Å². The molecule has 0 bridgehead atoms. The molecule has 0 aliphatic heterocycles. The van der Waals surface area contributed by atoms with Gasteiger partial charge in [0.2, 0.25) is 0 Å². The number of hydrogen-bond donors (Lipinski definition) is 0. The quantitative estimate of drug-likeness (QED) is 0.217. The number of nitrogens with zero attached hydrogens (tertiary/aromatic N) is 2. The summed E-state index contributed by atoms with van der Waals surface area (Å²) < 4.78 is 2.39. The predicted molar refractivity (Wildman–Crippen MR) is 144 cm³/mol. The van der Waals surface area contributed by atoms with E-state index in [1.165, 1.54) is 71.7 Å². The monoisotopic (exact) mass is 444 g/mol. The van der Waals surface area contributed by atoms with Gasteiger partial charge in [0.1, 0.15) is 5.65 Å². The highest BCUT2D eigenvalue weighted by Gasteiger charge is 2.26. The first-order chi connectivity index (χ1) is 17.3. The standard InChI is InChI=1S/C33H20N2/c1-3-9-23-19(7-1)16-22-17-27-30(18-26(22)23)35-29-12-6-5-11-28(29)34-33(35)25-14-13-21-15-20-8-2-4-10-24(20)31(21)32(25)27/h1-14,17-18H,15-16H2. The van der Waals surface area contributed by atoms with Crippen molar-refractivity contribution >= 4 is 38.4 Å². The van der Waals surface area contributed by atoms with Gasteiger partial charge in [-0.15, -0.1) is 0 Å². The van der Waals surface area contributed by atoms with Gasteiger partial charge in [-0.25, -0.2) is 4.98 Å². The molecule has 0 amide bonds. The maximum absolute atomic E-state index is 5.18. The first kappa shape index (κ1) is 18.0. The molecule has 5 aromatic carbocycles. The van der Waals surface area contributed by atoms with Gasteiger partial charge in [0.05, 0.1) is 16.6 Å². The Bertz CT molecular complexity index is 2060. The molecule has 35 heavy (non-hydrogen) atoms. The highest BCUT2D eigenvalue weighted by molar-refractivity contribution is 6.21. The molecule has 7 aromatic rings. The predicted octanol–water partition coefficient (Wildman–Crippen LogP) is 7.94. The van der Waals surface area contributed by atoms with Crippen molar-refractivity contribution < 1.29 is 0 Å². The molecule has 2 heteroatoms. The molecule has 0 saturated carbocycles. The van der Waals surface area contributed by atoms with E-state index in [-0.39, 0.29) is 0 Å². The summed E-state index contributed by atoms with van der Waals surface area (Å²) >= 11 is 0. The van der Waals surface area contributed by atoms with Gasteiger partial charge < -0.3 is 0 Å². The van der Waals surface area contributed by atoms with Crippen LogP contribution in [0, 0.1) is 0 Å². The van der Waals surface area contributed by atoms with Crippen LogP contribution < -0.4 is 0 Å². The van der Waals surface area contributed by atoms with Crippen molar-refractivity contribution in [2.24, 2.45) is 0 Å². The van der Waals surface area contributed by atoms with Crippen molar-refractivity contribution in [2.45, 2.75) is 12.8 Å². The summed E-state index contributed by atoms with van der Waals surface area (Å²) in [5.74, 6) is 0. The fourth-order valence-electron chi connectivity index (χ4n) is 6.70. The molecule has 2 nitrogen and oxygen atoms in total. The van der Waals surface area contributed by atoms with E-state index in [0.29, 0.717) is 0 Å². The zero-order valence-electron chi connectivity index (χ0n) is 19.0. The van der Waals surface area contributed by atoms with Crippen molar-refractivity contribution in [1.82, 2.24) is 9.38 Å². The maximum Gasteiger partial charge on any atom is 0.146 e. The molecule has 0 spiro atoms. The van der Waals surface area contributed by atoms with Crippen LogP contribution in [0.3, 0.4) is 0 Å². The number of aromatic nitrogens is 2.